The standard InChI is InChI=1S/C28H30N8O2S/c1-20(22-7-11-25(12-8-22)39(37,38)36-24-9-10-24)34-35-27-19-26(30-18-15-21-13-16-29-17-14-21)32-28(33-27)31-23-5-3-2-4-6-23/h2-8,11-14,16-17,19,24,36H,9-10,15,18H2,1H3,(H3,30,31,32,33,35). The summed E-state index contributed by atoms with van der Waals surface area (Å²) < 4.78 is 27.6. The van der Waals surface area contributed by atoms with Crippen molar-refractivity contribution < 1.29 is 8.42 Å². The third kappa shape index (κ3) is 7.59. The molecule has 0 spiro atoms. The Bertz CT molecular complexity index is 1530. The van der Waals surface area contributed by atoms with E-state index in [4.69, 9.17) is 0 Å². The van der Waals surface area contributed by atoms with Crippen LogP contribution in [0.15, 0.2) is 95.2 Å². The number of sulfonamides is 1. The van der Waals surface area contributed by atoms with Gasteiger partial charge >= 0.3 is 0 Å². The molecule has 39 heavy (non-hydrogen) atoms. The predicted molar refractivity (Wildman–Crippen MR) is 154 cm³/mol. The molecular weight excluding hydrogens is 512 g/mol. The van der Waals surface area contributed by atoms with Crippen LogP contribution in [0.25, 0.3) is 0 Å². The molecule has 0 radical (unpaired) electrons. The Morgan fingerprint density at radius 1 is 0.949 bits per heavy atom. The van der Waals surface area contributed by atoms with Gasteiger partial charge in [0.25, 0.3) is 0 Å². The Balaban J connectivity index is 1.30. The Labute approximate surface area is 228 Å². The number of rotatable bonds is 12. The minimum atomic E-state index is -3.50. The molecule has 11 heteroatoms. The topological polar surface area (TPSA) is 133 Å². The van der Waals surface area contributed by atoms with E-state index in [1.807, 2.05) is 49.4 Å². The van der Waals surface area contributed by atoms with E-state index in [1.54, 1.807) is 42.7 Å². The largest absolute Gasteiger partial charge is 0.370 e. The first-order chi connectivity index (χ1) is 18.9. The third-order valence-electron chi connectivity index (χ3n) is 6.04. The van der Waals surface area contributed by atoms with Gasteiger partial charge in [-0.05, 0) is 73.7 Å². The zero-order valence-electron chi connectivity index (χ0n) is 21.5. The van der Waals surface area contributed by atoms with E-state index in [9.17, 15) is 8.42 Å². The molecule has 2 aromatic heterocycles. The van der Waals surface area contributed by atoms with E-state index >= 15 is 0 Å². The number of aromatic nitrogens is 3. The van der Waals surface area contributed by atoms with Crippen LogP contribution in [0.1, 0.15) is 30.9 Å². The lowest BCUT2D eigenvalue weighted by Crippen LogP contribution is -2.25. The Hall–Kier alpha value is -4.35. The number of hydrogen-bond acceptors (Lipinski definition) is 9. The Morgan fingerprint density at radius 2 is 1.67 bits per heavy atom. The van der Waals surface area contributed by atoms with E-state index in [0.717, 1.165) is 30.5 Å². The molecule has 0 amide bonds. The maximum atomic E-state index is 12.4. The van der Waals surface area contributed by atoms with E-state index in [0.29, 0.717) is 29.8 Å². The van der Waals surface area contributed by atoms with Gasteiger partial charge in [0, 0.05) is 36.7 Å². The van der Waals surface area contributed by atoms with Crippen LogP contribution < -0.4 is 20.8 Å². The van der Waals surface area contributed by atoms with Crippen molar-refractivity contribution in [2.45, 2.75) is 37.1 Å². The normalized spacial score (nSPS) is 13.6. The molecule has 4 aromatic rings. The highest BCUT2D eigenvalue weighted by Crippen LogP contribution is 2.23. The number of pyridine rings is 1. The van der Waals surface area contributed by atoms with Crippen molar-refractivity contribution >= 4 is 39.0 Å². The zero-order chi connectivity index (χ0) is 27.1. The summed E-state index contributed by atoms with van der Waals surface area (Å²) in [6.07, 6.45) is 6.16. The van der Waals surface area contributed by atoms with Gasteiger partial charge in [0.1, 0.15) is 5.82 Å². The number of hydrazone groups is 1. The highest BCUT2D eigenvalue weighted by molar-refractivity contribution is 7.89. The number of hydrogen-bond donors (Lipinski definition) is 4. The SMILES string of the molecule is CC(=NNc1cc(NCCc2ccncc2)nc(Nc2ccccc2)n1)c1ccc(S(=O)(=O)NC2CC2)cc1. The molecule has 0 bridgehead atoms. The molecule has 200 valence electrons. The molecule has 1 fully saturated rings. The molecule has 4 N–H and O–H groups in total. The van der Waals surface area contributed by atoms with Crippen LogP contribution >= 0.6 is 0 Å². The van der Waals surface area contributed by atoms with E-state index in [-0.39, 0.29) is 10.9 Å². The van der Waals surface area contributed by atoms with Crippen LogP contribution in [0.2, 0.25) is 0 Å². The van der Waals surface area contributed by atoms with Gasteiger partial charge in [-0.2, -0.15) is 15.1 Å². The number of anilines is 4. The lowest BCUT2D eigenvalue weighted by Gasteiger charge is -2.12. The van der Waals surface area contributed by atoms with E-state index < -0.39 is 10.0 Å². The van der Waals surface area contributed by atoms with Crippen molar-refractivity contribution in [2.24, 2.45) is 5.10 Å². The average Bonchev–Trinajstić information content (AvgIpc) is 3.76. The fourth-order valence-corrected chi connectivity index (χ4v) is 5.06. The Kier molecular flexibility index (Phi) is 8.09. The summed E-state index contributed by atoms with van der Waals surface area (Å²) >= 11 is 0. The quantitative estimate of drug-likeness (QED) is 0.151. The molecule has 0 unspecified atom stereocenters. The van der Waals surface area contributed by atoms with Crippen LogP contribution in [0.4, 0.5) is 23.3 Å². The summed E-state index contributed by atoms with van der Waals surface area (Å²) in [5, 5.41) is 11.1. The van der Waals surface area contributed by atoms with Crippen LogP contribution in [-0.4, -0.2) is 41.7 Å². The van der Waals surface area contributed by atoms with Crippen molar-refractivity contribution in [3.63, 3.8) is 0 Å². The summed E-state index contributed by atoms with van der Waals surface area (Å²) in [6.45, 7) is 2.52. The van der Waals surface area contributed by atoms with Gasteiger partial charge in [0.05, 0.1) is 10.6 Å². The molecule has 1 aliphatic carbocycles. The second kappa shape index (κ2) is 12.0. The first-order valence-electron chi connectivity index (χ1n) is 12.7. The number of benzene rings is 2. The maximum Gasteiger partial charge on any atom is 0.240 e. The molecular formula is C28H30N8O2S. The highest BCUT2D eigenvalue weighted by Gasteiger charge is 2.27. The Morgan fingerprint density at radius 3 is 2.38 bits per heavy atom. The first kappa shape index (κ1) is 26.3. The van der Waals surface area contributed by atoms with Gasteiger partial charge in [-0.25, -0.2) is 13.1 Å². The first-order valence-corrected chi connectivity index (χ1v) is 14.2. The van der Waals surface area contributed by atoms with Crippen molar-refractivity contribution in [1.29, 1.82) is 0 Å². The summed E-state index contributed by atoms with van der Waals surface area (Å²) in [5.41, 5.74) is 6.52. The minimum Gasteiger partial charge on any atom is -0.370 e. The molecule has 0 aliphatic heterocycles. The second-order valence-corrected chi connectivity index (χ2v) is 10.9. The molecule has 10 nitrogen and oxygen atoms in total. The molecule has 2 heterocycles. The molecule has 2 aromatic carbocycles. The smallest absolute Gasteiger partial charge is 0.240 e. The fourth-order valence-electron chi connectivity index (χ4n) is 3.76. The van der Waals surface area contributed by atoms with Crippen LogP contribution in [0, 0.1) is 0 Å². The van der Waals surface area contributed by atoms with Crippen molar-refractivity contribution in [2.75, 3.05) is 22.6 Å². The summed E-state index contributed by atoms with van der Waals surface area (Å²) in [4.78, 5) is 13.5. The zero-order valence-corrected chi connectivity index (χ0v) is 22.3. The lowest BCUT2D eigenvalue weighted by molar-refractivity contribution is 0.581. The third-order valence-corrected chi connectivity index (χ3v) is 7.58. The fraction of sp³-hybridized carbons (Fsp3) is 0.214. The van der Waals surface area contributed by atoms with Crippen molar-refractivity contribution in [3.8, 4) is 0 Å². The maximum absolute atomic E-state index is 12.4. The van der Waals surface area contributed by atoms with Crippen molar-refractivity contribution in [3.05, 3.63) is 96.3 Å². The van der Waals surface area contributed by atoms with Crippen LogP contribution in [0.3, 0.4) is 0 Å². The summed E-state index contributed by atoms with van der Waals surface area (Å²) in [5.74, 6) is 1.57. The number of nitrogens with zero attached hydrogens (tertiary/aromatic N) is 4. The van der Waals surface area contributed by atoms with E-state index in [1.165, 1.54) is 5.56 Å². The lowest BCUT2D eigenvalue weighted by atomic mass is 10.1. The molecule has 5 rings (SSSR count). The number of para-hydroxylation sites is 1. The monoisotopic (exact) mass is 542 g/mol. The minimum absolute atomic E-state index is 0.0614. The summed E-state index contributed by atoms with van der Waals surface area (Å²) in [6, 6.07) is 22.2. The molecule has 1 saturated carbocycles. The number of nitrogens with one attached hydrogen (secondary N) is 4. The van der Waals surface area contributed by atoms with Gasteiger partial charge in [-0.3, -0.25) is 10.4 Å². The van der Waals surface area contributed by atoms with E-state index in [2.05, 4.69) is 40.8 Å². The van der Waals surface area contributed by atoms with Gasteiger partial charge in [-0.15, -0.1) is 0 Å². The van der Waals surface area contributed by atoms with Gasteiger partial charge < -0.3 is 10.6 Å². The van der Waals surface area contributed by atoms with Crippen molar-refractivity contribution in [1.82, 2.24) is 19.7 Å². The molecule has 1 aliphatic rings. The summed E-state index contributed by atoms with van der Waals surface area (Å²) in [7, 11) is -3.50. The average molecular weight is 543 g/mol. The van der Waals surface area contributed by atoms with Gasteiger partial charge in [-0.1, -0.05) is 30.3 Å². The van der Waals surface area contributed by atoms with Crippen LogP contribution in [-0.2, 0) is 16.4 Å². The molecule has 0 saturated heterocycles. The highest BCUT2D eigenvalue weighted by atomic mass is 32.2. The molecule has 0 atom stereocenters. The second-order valence-electron chi connectivity index (χ2n) is 9.21. The van der Waals surface area contributed by atoms with Gasteiger partial charge in [0.15, 0.2) is 5.82 Å². The van der Waals surface area contributed by atoms with Gasteiger partial charge in [0.2, 0.25) is 16.0 Å². The predicted octanol–water partition coefficient (Wildman–Crippen LogP) is 4.55. The van der Waals surface area contributed by atoms with Crippen LogP contribution in [0.5, 0.6) is 0 Å².